The quantitative estimate of drug-likeness (QED) is 0.322. The molecule has 9 heteroatoms. The standard InChI is InChI=1S/C17H22BrF2N3O2.HI/c1-2-21-17(23-13-8-12-4-6-15(13)24-12)22-9-10-7-11(18)3-5-14(10)25-16(19)20;/h3,5,7,12-13,15-16H,2,4,6,8-9H2,1H3,(H2,21,22,23);1H. The van der Waals surface area contributed by atoms with E-state index in [1.807, 2.05) is 6.92 Å². The molecule has 146 valence electrons. The number of hydrogen-bond acceptors (Lipinski definition) is 3. The number of guanidine groups is 1. The molecule has 0 aliphatic carbocycles. The van der Waals surface area contributed by atoms with Crippen molar-refractivity contribution in [1.82, 2.24) is 10.6 Å². The van der Waals surface area contributed by atoms with Crippen LogP contribution in [0.1, 0.15) is 31.7 Å². The van der Waals surface area contributed by atoms with Crippen LogP contribution in [0.3, 0.4) is 0 Å². The monoisotopic (exact) mass is 545 g/mol. The molecule has 5 nitrogen and oxygen atoms in total. The van der Waals surface area contributed by atoms with Crippen molar-refractivity contribution in [3.05, 3.63) is 28.2 Å². The largest absolute Gasteiger partial charge is 0.434 e. The number of fused-ring (bicyclic) bond motifs is 2. The molecule has 2 aliphatic heterocycles. The van der Waals surface area contributed by atoms with E-state index in [1.54, 1.807) is 12.1 Å². The highest BCUT2D eigenvalue weighted by molar-refractivity contribution is 14.0. The molecule has 0 spiro atoms. The zero-order valence-corrected chi connectivity index (χ0v) is 18.3. The molecule has 2 N–H and O–H groups in total. The second kappa shape index (κ2) is 10.0. The third-order valence-corrected chi connectivity index (χ3v) is 4.91. The van der Waals surface area contributed by atoms with E-state index in [9.17, 15) is 8.78 Å². The summed E-state index contributed by atoms with van der Waals surface area (Å²) in [6, 6.07) is 5.17. The molecule has 2 bridgehead atoms. The first-order valence-corrected chi connectivity index (χ1v) is 9.28. The van der Waals surface area contributed by atoms with Crippen LogP contribution in [0.2, 0.25) is 0 Å². The maximum absolute atomic E-state index is 12.6. The lowest BCUT2D eigenvalue weighted by Gasteiger charge is -2.22. The zero-order chi connectivity index (χ0) is 17.8. The molecule has 0 amide bonds. The Morgan fingerprint density at radius 3 is 2.85 bits per heavy atom. The minimum atomic E-state index is -2.86. The molecule has 0 radical (unpaired) electrons. The van der Waals surface area contributed by atoms with Crippen LogP contribution in [0.25, 0.3) is 0 Å². The van der Waals surface area contributed by atoms with E-state index in [0.717, 1.165) is 23.7 Å². The molecule has 26 heavy (non-hydrogen) atoms. The van der Waals surface area contributed by atoms with Crippen LogP contribution < -0.4 is 15.4 Å². The summed E-state index contributed by atoms with van der Waals surface area (Å²) in [6.07, 6.45) is 3.76. The topological polar surface area (TPSA) is 54.9 Å². The van der Waals surface area contributed by atoms with Crippen LogP contribution in [-0.4, -0.2) is 37.4 Å². The van der Waals surface area contributed by atoms with Crippen molar-refractivity contribution < 1.29 is 18.3 Å². The summed E-state index contributed by atoms with van der Waals surface area (Å²) in [5, 5.41) is 6.60. The number of halogens is 4. The molecule has 2 fully saturated rings. The van der Waals surface area contributed by atoms with E-state index in [2.05, 4.69) is 36.3 Å². The summed E-state index contributed by atoms with van der Waals surface area (Å²) < 4.78 is 36.4. The van der Waals surface area contributed by atoms with Gasteiger partial charge in [-0.2, -0.15) is 8.78 Å². The van der Waals surface area contributed by atoms with Crippen molar-refractivity contribution in [2.75, 3.05) is 6.54 Å². The Morgan fingerprint density at radius 1 is 1.42 bits per heavy atom. The van der Waals surface area contributed by atoms with Gasteiger partial charge in [0.1, 0.15) is 5.75 Å². The number of hydrogen-bond donors (Lipinski definition) is 2. The number of nitrogens with zero attached hydrogens (tertiary/aromatic N) is 1. The minimum Gasteiger partial charge on any atom is -0.434 e. The zero-order valence-electron chi connectivity index (χ0n) is 14.4. The molecule has 2 saturated heterocycles. The third-order valence-electron chi connectivity index (χ3n) is 4.42. The number of ether oxygens (including phenoxy) is 2. The maximum atomic E-state index is 12.6. The SMILES string of the molecule is CCNC(=NCc1cc(Br)ccc1OC(F)F)NC1CC2CCC1O2.I. The average Bonchev–Trinajstić information content (AvgIpc) is 3.17. The lowest BCUT2D eigenvalue weighted by Crippen LogP contribution is -2.47. The Kier molecular flexibility index (Phi) is 8.34. The highest BCUT2D eigenvalue weighted by Crippen LogP contribution is 2.34. The van der Waals surface area contributed by atoms with Gasteiger partial charge >= 0.3 is 6.61 Å². The molecule has 3 unspecified atom stereocenters. The van der Waals surface area contributed by atoms with E-state index in [1.165, 1.54) is 6.07 Å². The van der Waals surface area contributed by atoms with Crippen LogP contribution in [0, 0.1) is 0 Å². The fourth-order valence-electron chi connectivity index (χ4n) is 3.33. The van der Waals surface area contributed by atoms with Crippen LogP contribution in [0.5, 0.6) is 5.75 Å². The first-order valence-electron chi connectivity index (χ1n) is 8.48. The van der Waals surface area contributed by atoms with Gasteiger partial charge < -0.3 is 20.1 Å². The van der Waals surface area contributed by atoms with Crippen molar-refractivity contribution in [2.45, 2.75) is 57.6 Å². The van der Waals surface area contributed by atoms with Gasteiger partial charge in [0.2, 0.25) is 0 Å². The van der Waals surface area contributed by atoms with E-state index < -0.39 is 6.61 Å². The first kappa shape index (κ1) is 21.6. The Hall–Kier alpha value is -0.680. The third kappa shape index (κ3) is 5.66. The number of aliphatic imine (C=N–C) groups is 1. The first-order chi connectivity index (χ1) is 12.0. The minimum absolute atomic E-state index is 0. The Bertz CT molecular complexity index is 636. The number of rotatable bonds is 6. The lowest BCUT2D eigenvalue weighted by atomic mass is 9.96. The molecule has 0 aromatic heterocycles. The second-order valence-electron chi connectivity index (χ2n) is 6.19. The van der Waals surface area contributed by atoms with Gasteiger partial charge in [-0.3, -0.25) is 0 Å². The highest BCUT2D eigenvalue weighted by Gasteiger charge is 2.41. The predicted octanol–water partition coefficient (Wildman–Crippen LogP) is 4.04. The molecular formula is C17H23BrF2IN3O2. The fraction of sp³-hybridized carbons (Fsp3) is 0.588. The van der Waals surface area contributed by atoms with Crippen molar-refractivity contribution in [2.24, 2.45) is 4.99 Å². The van der Waals surface area contributed by atoms with Gasteiger partial charge in [0, 0.05) is 16.6 Å². The molecule has 2 heterocycles. The fourth-order valence-corrected chi connectivity index (χ4v) is 3.74. The van der Waals surface area contributed by atoms with Crippen molar-refractivity contribution in [3.63, 3.8) is 0 Å². The van der Waals surface area contributed by atoms with Crippen molar-refractivity contribution in [3.8, 4) is 5.75 Å². The average molecular weight is 546 g/mol. The van der Waals surface area contributed by atoms with E-state index >= 15 is 0 Å². The highest BCUT2D eigenvalue weighted by atomic mass is 127. The Labute approximate surface area is 177 Å². The Morgan fingerprint density at radius 2 is 2.23 bits per heavy atom. The van der Waals surface area contributed by atoms with Gasteiger partial charge in [-0.05, 0) is 44.4 Å². The summed E-state index contributed by atoms with van der Waals surface area (Å²) in [5.74, 6) is 0.799. The second-order valence-corrected chi connectivity index (χ2v) is 7.10. The molecule has 3 atom stereocenters. The molecule has 0 saturated carbocycles. The van der Waals surface area contributed by atoms with Gasteiger partial charge in [0.15, 0.2) is 5.96 Å². The summed E-state index contributed by atoms with van der Waals surface area (Å²) in [5.41, 5.74) is 0.594. The van der Waals surface area contributed by atoms with Crippen LogP contribution in [-0.2, 0) is 11.3 Å². The van der Waals surface area contributed by atoms with Gasteiger partial charge in [-0.15, -0.1) is 24.0 Å². The molecular weight excluding hydrogens is 523 g/mol. The maximum Gasteiger partial charge on any atom is 0.387 e. The smallest absolute Gasteiger partial charge is 0.387 e. The molecule has 2 aliphatic rings. The number of alkyl halides is 2. The van der Waals surface area contributed by atoms with E-state index in [0.29, 0.717) is 24.2 Å². The number of nitrogens with one attached hydrogen (secondary N) is 2. The lowest BCUT2D eigenvalue weighted by molar-refractivity contribution is -0.0504. The molecule has 1 aromatic carbocycles. The van der Waals surface area contributed by atoms with Crippen LogP contribution in [0.15, 0.2) is 27.7 Å². The van der Waals surface area contributed by atoms with Gasteiger partial charge in [0.25, 0.3) is 0 Å². The van der Waals surface area contributed by atoms with E-state index in [-0.39, 0.29) is 48.4 Å². The van der Waals surface area contributed by atoms with Gasteiger partial charge in [-0.25, -0.2) is 4.99 Å². The summed E-state index contributed by atoms with van der Waals surface area (Å²) in [4.78, 5) is 4.53. The summed E-state index contributed by atoms with van der Waals surface area (Å²) in [7, 11) is 0. The van der Waals surface area contributed by atoms with Crippen molar-refractivity contribution in [1.29, 1.82) is 0 Å². The molecule has 3 rings (SSSR count). The van der Waals surface area contributed by atoms with Crippen LogP contribution in [0.4, 0.5) is 8.78 Å². The van der Waals surface area contributed by atoms with Gasteiger partial charge in [0.05, 0.1) is 24.8 Å². The van der Waals surface area contributed by atoms with E-state index in [4.69, 9.17) is 4.74 Å². The van der Waals surface area contributed by atoms with Gasteiger partial charge in [-0.1, -0.05) is 15.9 Å². The molecule has 1 aromatic rings. The summed E-state index contributed by atoms with van der Waals surface area (Å²) in [6.45, 7) is 0.0746. The predicted molar refractivity (Wildman–Crippen MR) is 110 cm³/mol. The normalized spacial score (nSPS) is 24.5. The number of benzene rings is 1. The van der Waals surface area contributed by atoms with Crippen LogP contribution >= 0.6 is 39.9 Å². The Balaban J connectivity index is 0.00000243. The van der Waals surface area contributed by atoms with Crippen molar-refractivity contribution >= 4 is 45.9 Å². The summed E-state index contributed by atoms with van der Waals surface area (Å²) >= 11 is 3.35.